The van der Waals surface area contributed by atoms with Crippen molar-refractivity contribution in [1.82, 2.24) is 18.8 Å². The molecule has 8 nitrogen and oxygen atoms in total. The summed E-state index contributed by atoms with van der Waals surface area (Å²) in [6.07, 6.45) is 0. The summed E-state index contributed by atoms with van der Waals surface area (Å²) in [7, 11) is -3.65. The Kier molecular flexibility index (Phi) is 6.22. The van der Waals surface area contributed by atoms with E-state index >= 15 is 0 Å². The second kappa shape index (κ2) is 8.78. The molecule has 1 aliphatic heterocycles. The van der Waals surface area contributed by atoms with Gasteiger partial charge in [0.15, 0.2) is 4.77 Å². The lowest BCUT2D eigenvalue weighted by molar-refractivity contribution is 0.0698. The van der Waals surface area contributed by atoms with E-state index < -0.39 is 10.0 Å². The van der Waals surface area contributed by atoms with Crippen LogP contribution >= 0.6 is 23.8 Å². The highest BCUT2D eigenvalue weighted by atomic mass is 35.5. The molecule has 1 fully saturated rings. The fourth-order valence-electron chi connectivity index (χ4n) is 3.74. The molecule has 2 aromatic carbocycles. The van der Waals surface area contributed by atoms with Crippen LogP contribution in [0.25, 0.3) is 10.9 Å². The van der Waals surface area contributed by atoms with Gasteiger partial charge in [0, 0.05) is 43.3 Å². The molecule has 1 aromatic heterocycles. The summed E-state index contributed by atoms with van der Waals surface area (Å²) in [5.41, 5.74) is 0.705. The van der Waals surface area contributed by atoms with E-state index in [-0.39, 0.29) is 42.5 Å². The number of fused-ring (bicyclic) bond motifs is 1. The molecule has 1 amide bonds. The van der Waals surface area contributed by atoms with Crippen molar-refractivity contribution in [2.75, 3.05) is 26.2 Å². The molecule has 1 aliphatic rings. The molecule has 0 atom stereocenters. The van der Waals surface area contributed by atoms with Crippen molar-refractivity contribution in [2.24, 2.45) is 0 Å². The van der Waals surface area contributed by atoms with Crippen molar-refractivity contribution in [3.05, 3.63) is 68.2 Å². The highest BCUT2D eigenvalue weighted by Gasteiger charge is 2.30. The summed E-state index contributed by atoms with van der Waals surface area (Å²) in [6.45, 7) is 3.19. The maximum Gasteiger partial charge on any atom is 0.262 e. The molecule has 0 radical (unpaired) electrons. The van der Waals surface area contributed by atoms with Crippen LogP contribution in [0.2, 0.25) is 5.02 Å². The highest BCUT2D eigenvalue weighted by Crippen LogP contribution is 2.21. The first-order valence-electron chi connectivity index (χ1n) is 10.0. The van der Waals surface area contributed by atoms with Crippen LogP contribution in [0.4, 0.5) is 0 Å². The lowest BCUT2D eigenvalue weighted by Gasteiger charge is -2.34. The fraction of sp³-hybridized carbons (Fsp3) is 0.286. The van der Waals surface area contributed by atoms with E-state index in [1.807, 2.05) is 6.92 Å². The third-order valence-electron chi connectivity index (χ3n) is 5.52. The molecular formula is C21H21ClN4O4S2. The molecule has 0 aliphatic carbocycles. The fourth-order valence-corrected chi connectivity index (χ4v) is 5.61. The molecular weight excluding hydrogens is 472 g/mol. The molecule has 168 valence electrons. The SMILES string of the molecule is CCn1c(=S)[nH]c2cc(C(=O)N3CCN(S(=O)(=O)c4ccc(Cl)cc4)CC3)ccc2c1=O. The quantitative estimate of drug-likeness (QED) is 0.565. The molecule has 1 N–H and O–H groups in total. The Morgan fingerprint density at radius 2 is 1.75 bits per heavy atom. The van der Waals surface area contributed by atoms with Crippen molar-refractivity contribution in [3.63, 3.8) is 0 Å². The molecule has 1 saturated heterocycles. The molecule has 0 bridgehead atoms. The van der Waals surface area contributed by atoms with Gasteiger partial charge in [0.05, 0.1) is 15.8 Å². The monoisotopic (exact) mass is 492 g/mol. The first-order valence-corrected chi connectivity index (χ1v) is 12.3. The number of halogens is 1. The standard InChI is InChI=1S/C21H21ClN4O4S2/c1-2-26-20(28)17-8-3-14(13-18(17)23-21(26)31)19(27)24-9-11-25(12-10-24)32(29,30)16-6-4-15(22)5-7-16/h3-8,13H,2,9-12H2,1H3,(H,23,31). The number of rotatable bonds is 4. The van der Waals surface area contributed by atoms with Gasteiger partial charge in [-0.05, 0) is 61.6 Å². The van der Waals surface area contributed by atoms with Gasteiger partial charge in [-0.3, -0.25) is 14.2 Å². The molecule has 32 heavy (non-hydrogen) atoms. The predicted octanol–water partition coefficient (Wildman–Crippen LogP) is 2.88. The highest BCUT2D eigenvalue weighted by molar-refractivity contribution is 7.89. The second-order valence-corrected chi connectivity index (χ2v) is 10.2. The predicted molar refractivity (Wildman–Crippen MR) is 125 cm³/mol. The molecule has 2 heterocycles. The number of carbonyl (C=O) groups is 1. The Labute approximate surface area is 195 Å². The Balaban J connectivity index is 1.52. The summed E-state index contributed by atoms with van der Waals surface area (Å²) < 4.78 is 28.8. The van der Waals surface area contributed by atoms with Crippen LogP contribution in [-0.2, 0) is 16.6 Å². The Morgan fingerprint density at radius 3 is 2.38 bits per heavy atom. The average molecular weight is 493 g/mol. The first-order chi connectivity index (χ1) is 15.2. The first kappa shape index (κ1) is 22.7. The van der Waals surface area contributed by atoms with Gasteiger partial charge in [-0.25, -0.2) is 8.42 Å². The lowest BCUT2D eigenvalue weighted by Crippen LogP contribution is -2.50. The van der Waals surface area contributed by atoms with Crippen LogP contribution in [0.3, 0.4) is 0 Å². The van der Waals surface area contributed by atoms with E-state index in [1.54, 1.807) is 23.1 Å². The number of H-pyrrole nitrogens is 1. The molecule has 0 unspecified atom stereocenters. The van der Waals surface area contributed by atoms with E-state index in [4.69, 9.17) is 23.8 Å². The molecule has 4 rings (SSSR count). The van der Waals surface area contributed by atoms with Crippen LogP contribution in [0.1, 0.15) is 17.3 Å². The number of benzene rings is 2. The van der Waals surface area contributed by atoms with Crippen molar-refractivity contribution >= 4 is 50.7 Å². The van der Waals surface area contributed by atoms with Gasteiger partial charge in [-0.2, -0.15) is 4.31 Å². The van der Waals surface area contributed by atoms with Gasteiger partial charge in [0.1, 0.15) is 0 Å². The number of nitrogens with one attached hydrogen (secondary N) is 1. The van der Waals surface area contributed by atoms with Crippen molar-refractivity contribution in [2.45, 2.75) is 18.4 Å². The number of nitrogens with zero attached hydrogens (tertiary/aromatic N) is 3. The normalized spacial score (nSPS) is 15.2. The minimum Gasteiger partial charge on any atom is -0.336 e. The Morgan fingerprint density at radius 1 is 1.09 bits per heavy atom. The topological polar surface area (TPSA) is 95.5 Å². The second-order valence-electron chi connectivity index (χ2n) is 7.39. The van der Waals surface area contributed by atoms with Gasteiger partial charge in [0.25, 0.3) is 11.5 Å². The number of sulfonamides is 1. The van der Waals surface area contributed by atoms with Crippen molar-refractivity contribution in [1.29, 1.82) is 0 Å². The van der Waals surface area contributed by atoms with Crippen LogP contribution in [-0.4, -0.2) is 59.3 Å². The van der Waals surface area contributed by atoms with Gasteiger partial charge >= 0.3 is 0 Å². The van der Waals surface area contributed by atoms with Gasteiger partial charge in [-0.15, -0.1) is 0 Å². The summed E-state index contributed by atoms with van der Waals surface area (Å²) in [4.78, 5) is 30.3. The van der Waals surface area contributed by atoms with E-state index in [2.05, 4.69) is 4.98 Å². The van der Waals surface area contributed by atoms with E-state index in [1.165, 1.54) is 33.1 Å². The number of aromatic nitrogens is 2. The maximum absolute atomic E-state index is 13.0. The zero-order valence-electron chi connectivity index (χ0n) is 17.2. The molecule has 0 spiro atoms. The number of piperazine rings is 1. The average Bonchev–Trinajstić information content (AvgIpc) is 2.79. The van der Waals surface area contributed by atoms with Gasteiger partial charge in [-0.1, -0.05) is 11.6 Å². The van der Waals surface area contributed by atoms with E-state index in [9.17, 15) is 18.0 Å². The zero-order chi connectivity index (χ0) is 23.0. The number of carbonyl (C=O) groups excluding carboxylic acids is 1. The minimum atomic E-state index is -3.65. The van der Waals surface area contributed by atoms with Crippen LogP contribution in [0, 0.1) is 4.77 Å². The van der Waals surface area contributed by atoms with Crippen molar-refractivity contribution < 1.29 is 13.2 Å². The van der Waals surface area contributed by atoms with Crippen LogP contribution in [0.15, 0.2) is 52.2 Å². The number of hydrogen-bond acceptors (Lipinski definition) is 5. The minimum absolute atomic E-state index is 0.171. The summed E-state index contributed by atoms with van der Waals surface area (Å²) in [6, 6.07) is 10.9. The third-order valence-corrected chi connectivity index (χ3v) is 8.01. The largest absolute Gasteiger partial charge is 0.336 e. The summed E-state index contributed by atoms with van der Waals surface area (Å²) >= 11 is 11.1. The third kappa shape index (κ3) is 4.11. The van der Waals surface area contributed by atoms with E-state index in [0.29, 0.717) is 32.8 Å². The molecule has 0 saturated carbocycles. The van der Waals surface area contributed by atoms with Gasteiger partial charge in [0.2, 0.25) is 10.0 Å². The summed E-state index contributed by atoms with van der Waals surface area (Å²) in [5, 5.41) is 0.916. The van der Waals surface area contributed by atoms with E-state index in [0.717, 1.165) is 0 Å². The number of hydrogen-bond donors (Lipinski definition) is 1. The Hall–Kier alpha value is -2.53. The summed E-state index contributed by atoms with van der Waals surface area (Å²) in [5.74, 6) is -0.227. The number of amides is 1. The number of aromatic amines is 1. The van der Waals surface area contributed by atoms with Gasteiger partial charge < -0.3 is 9.88 Å². The molecule has 11 heteroatoms. The van der Waals surface area contributed by atoms with Crippen molar-refractivity contribution in [3.8, 4) is 0 Å². The molecule has 3 aromatic rings. The lowest BCUT2D eigenvalue weighted by atomic mass is 10.1. The Bertz CT molecular complexity index is 1410. The van der Waals surface area contributed by atoms with Crippen LogP contribution in [0.5, 0.6) is 0 Å². The smallest absolute Gasteiger partial charge is 0.262 e. The maximum atomic E-state index is 13.0. The zero-order valence-corrected chi connectivity index (χ0v) is 19.6. The van der Waals surface area contributed by atoms with Crippen LogP contribution < -0.4 is 5.56 Å².